The maximum absolute atomic E-state index is 13.8. The van der Waals surface area contributed by atoms with Crippen molar-refractivity contribution in [2.24, 2.45) is 7.05 Å². The zero-order valence-corrected chi connectivity index (χ0v) is 16.0. The van der Waals surface area contributed by atoms with Crippen molar-refractivity contribution < 1.29 is 35.5 Å². The largest absolute Gasteiger partial charge is 0.433 e. The molecule has 5 nitrogen and oxygen atoms in total. The van der Waals surface area contributed by atoms with Crippen LogP contribution in [0.4, 0.5) is 36.4 Å². The highest BCUT2D eigenvalue weighted by Gasteiger charge is 2.42. The molecule has 1 amide bonds. The quantitative estimate of drug-likeness (QED) is 0.514. The second-order valence-electron chi connectivity index (χ2n) is 6.20. The Labute approximate surface area is 174 Å². The third-order valence-corrected chi connectivity index (χ3v) is 4.35. The lowest BCUT2D eigenvalue weighted by Crippen LogP contribution is -2.21. The van der Waals surface area contributed by atoms with Gasteiger partial charge in [-0.15, -0.1) is 0 Å². The van der Waals surface area contributed by atoms with Crippen LogP contribution in [0.25, 0.3) is 11.3 Å². The molecule has 0 saturated heterocycles. The van der Waals surface area contributed by atoms with Crippen molar-refractivity contribution in [2.75, 3.05) is 5.32 Å². The molecule has 31 heavy (non-hydrogen) atoms. The number of halogens is 8. The van der Waals surface area contributed by atoms with Gasteiger partial charge in [-0.05, 0) is 30.3 Å². The first kappa shape index (κ1) is 22.5. The number of hydrogen-bond donors (Lipinski definition) is 1. The standard InChI is InChI=1S/C18H10ClF7N4O/c1-30-15(16(31)28-9-4-5-27-12(7-9)17(21,22)23)13(18(24,25)26)14(29-30)10-3-2-8(20)6-11(10)19/h2-7H,1H3,(H,27,28,31). The van der Waals surface area contributed by atoms with Gasteiger partial charge in [0.2, 0.25) is 0 Å². The van der Waals surface area contributed by atoms with Crippen molar-refractivity contribution >= 4 is 23.2 Å². The fourth-order valence-corrected chi connectivity index (χ4v) is 3.03. The molecule has 0 spiro atoms. The summed E-state index contributed by atoms with van der Waals surface area (Å²) < 4.78 is 93.8. The van der Waals surface area contributed by atoms with Crippen LogP contribution in [0.3, 0.4) is 0 Å². The summed E-state index contributed by atoms with van der Waals surface area (Å²) in [6.45, 7) is 0. The summed E-state index contributed by atoms with van der Waals surface area (Å²) in [5, 5.41) is 5.30. The van der Waals surface area contributed by atoms with Crippen LogP contribution in [0.5, 0.6) is 0 Å². The van der Waals surface area contributed by atoms with Crippen LogP contribution in [0.15, 0.2) is 36.5 Å². The van der Waals surface area contributed by atoms with Crippen molar-refractivity contribution in [1.29, 1.82) is 0 Å². The van der Waals surface area contributed by atoms with E-state index < -0.39 is 52.4 Å². The number of carbonyl (C=O) groups excluding carboxylic acids is 1. The molecule has 0 bridgehead atoms. The Balaban J connectivity index is 2.09. The molecular formula is C18H10ClF7N4O. The molecule has 2 heterocycles. The van der Waals surface area contributed by atoms with Gasteiger partial charge in [0.05, 0.1) is 5.02 Å². The van der Waals surface area contributed by atoms with Crippen LogP contribution in [0.1, 0.15) is 21.7 Å². The number of amides is 1. The van der Waals surface area contributed by atoms with E-state index in [9.17, 15) is 35.5 Å². The fraction of sp³-hybridized carbons (Fsp3) is 0.167. The van der Waals surface area contributed by atoms with E-state index in [1.807, 2.05) is 5.32 Å². The van der Waals surface area contributed by atoms with E-state index in [4.69, 9.17) is 11.6 Å². The van der Waals surface area contributed by atoms with E-state index in [0.717, 1.165) is 37.5 Å². The Morgan fingerprint density at radius 2 is 1.74 bits per heavy atom. The lowest BCUT2D eigenvalue weighted by atomic mass is 10.0. The minimum Gasteiger partial charge on any atom is -0.321 e. The van der Waals surface area contributed by atoms with Gasteiger partial charge in [0.25, 0.3) is 5.91 Å². The van der Waals surface area contributed by atoms with E-state index in [1.54, 1.807) is 0 Å². The normalized spacial score (nSPS) is 12.2. The molecule has 0 aliphatic carbocycles. The first-order valence-electron chi connectivity index (χ1n) is 8.23. The topological polar surface area (TPSA) is 59.8 Å². The smallest absolute Gasteiger partial charge is 0.321 e. The lowest BCUT2D eigenvalue weighted by Gasteiger charge is -2.12. The number of nitrogens with one attached hydrogen (secondary N) is 1. The van der Waals surface area contributed by atoms with Crippen molar-refractivity contribution in [1.82, 2.24) is 14.8 Å². The average Bonchev–Trinajstić information content (AvgIpc) is 2.98. The van der Waals surface area contributed by atoms with Gasteiger partial charge < -0.3 is 5.32 Å². The Morgan fingerprint density at radius 1 is 1.06 bits per heavy atom. The second kappa shape index (κ2) is 7.84. The van der Waals surface area contributed by atoms with Crippen molar-refractivity contribution in [3.05, 3.63) is 64.3 Å². The molecule has 13 heteroatoms. The number of aromatic nitrogens is 3. The molecular weight excluding hydrogens is 457 g/mol. The molecule has 0 saturated carbocycles. The molecule has 3 rings (SSSR count). The molecule has 0 fully saturated rings. The number of nitrogens with zero attached hydrogens (tertiary/aromatic N) is 3. The van der Waals surface area contributed by atoms with Crippen LogP contribution in [0, 0.1) is 5.82 Å². The molecule has 0 aliphatic heterocycles. The van der Waals surface area contributed by atoms with Crippen molar-refractivity contribution in [2.45, 2.75) is 12.4 Å². The highest BCUT2D eigenvalue weighted by Crippen LogP contribution is 2.41. The van der Waals surface area contributed by atoms with Gasteiger partial charge in [0, 0.05) is 24.5 Å². The van der Waals surface area contributed by atoms with E-state index >= 15 is 0 Å². The summed E-state index contributed by atoms with van der Waals surface area (Å²) in [6, 6.07) is 4.07. The van der Waals surface area contributed by atoms with Crippen LogP contribution in [-0.2, 0) is 19.4 Å². The zero-order valence-electron chi connectivity index (χ0n) is 15.2. The number of anilines is 1. The predicted octanol–water partition coefficient (Wildman–Crippen LogP) is 5.56. The number of alkyl halides is 6. The van der Waals surface area contributed by atoms with Gasteiger partial charge in [-0.1, -0.05) is 11.6 Å². The molecule has 1 aromatic carbocycles. The van der Waals surface area contributed by atoms with Crippen LogP contribution in [-0.4, -0.2) is 20.7 Å². The van der Waals surface area contributed by atoms with Gasteiger partial charge in [-0.2, -0.15) is 31.4 Å². The van der Waals surface area contributed by atoms with E-state index in [0.29, 0.717) is 10.7 Å². The zero-order chi connectivity index (χ0) is 23.1. The van der Waals surface area contributed by atoms with E-state index in [2.05, 4.69) is 10.1 Å². The number of hydrogen-bond acceptors (Lipinski definition) is 3. The Bertz CT molecular complexity index is 1150. The Kier molecular flexibility index (Phi) is 5.70. The minimum atomic E-state index is -5.09. The van der Waals surface area contributed by atoms with Gasteiger partial charge in [0.15, 0.2) is 0 Å². The summed E-state index contributed by atoms with van der Waals surface area (Å²) in [6.07, 6.45) is -9.17. The van der Waals surface area contributed by atoms with Crippen LogP contribution >= 0.6 is 11.6 Å². The summed E-state index contributed by atoms with van der Waals surface area (Å²) in [7, 11) is 1.04. The first-order chi connectivity index (χ1) is 14.3. The average molecular weight is 467 g/mol. The fourth-order valence-electron chi connectivity index (χ4n) is 2.78. The van der Waals surface area contributed by atoms with Gasteiger partial charge in [-0.25, -0.2) is 4.39 Å². The molecule has 1 N–H and O–H groups in total. The number of carbonyl (C=O) groups is 1. The highest BCUT2D eigenvalue weighted by molar-refractivity contribution is 6.33. The number of benzene rings is 1. The summed E-state index contributed by atoms with van der Waals surface area (Å²) in [5.74, 6) is -2.17. The summed E-state index contributed by atoms with van der Waals surface area (Å²) >= 11 is 5.85. The van der Waals surface area contributed by atoms with Crippen molar-refractivity contribution in [3.8, 4) is 11.3 Å². The minimum absolute atomic E-state index is 0.284. The molecule has 0 radical (unpaired) electrons. The van der Waals surface area contributed by atoms with Gasteiger partial charge in [0.1, 0.15) is 28.5 Å². The Morgan fingerprint density at radius 3 is 2.32 bits per heavy atom. The second-order valence-corrected chi connectivity index (χ2v) is 6.61. The highest BCUT2D eigenvalue weighted by atomic mass is 35.5. The summed E-state index contributed by atoms with van der Waals surface area (Å²) in [5.41, 5.74) is -5.25. The maximum Gasteiger partial charge on any atom is 0.433 e. The van der Waals surface area contributed by atoms with Gasteiger partial charge >= 0.3 is 12.4 Å². The number of rotatable bonds is 3. The number of aryl methyl sites for hydroxylation is 1. The molecule has 0 unspecified atom stereocenters. The third kappa shape index (κ3) is 4.63. The van der Waals surface area contributed by atoms with Gasteiger partial charge in [-0.3, -0.25) is 14.5 Å². The Hall–Kier alpha value is -3.15. The molecule has 3 aromatic rings. The van der Waals surface area contributed by atoms with E-state index in [-0.39, 0.29) is 10.6 Å². The monoisotopic (exact) mass is 466 g/mol. The molecule has 0 atom stereocenters. The maximum atomic E-state index is 13.8. The third-order valence-electron chi connectivity index (χ3n) is 4.04. The van der Waals surface area contributed by atoms with Crippen LogP contribution < -0.4 is 5.32 Å². The molecule has 164 valence electrons. The van der Waals surface area contributed by atoms with Crippen LogP contribution in [0.2, 0.25) is 5.02 Å². The van der Waals surface area contributed by atoms with Crippen molar-refractivity contribution in [3.63, 3.8) is 0 Å². The SMILES string of the molecule is Cn1nc(-c2ccc(F)cc2Cl)c(C(F)(F)F)c1C(=O)Nc1ccnc(C(F)(F)F)c1. The van der Waals surface area contributed by atoms with E-state index in [1.165, 1.54) is 0 Å². The predicted molar refractivity (Wildman–Crippen MR) is 95.8 cm³/mol. The molecule has 0 aliphatic rings. The first-order valence-corrected chi connectivity index (χ1v) is 8.61. The lowest BCUT2D eigenvalue weighted by molar-refractivity contribution is -0.141. The number of pyridine rings is 1. The summed E-state index contributed by atoms with van der Waals surface area (Å²) in [4.78, 5) is 15.7. The molecule has 2 aromatic heterocycles.